The minimum atomic E-state index is -0.625. The SMILES string of the molecule is C=CC(=N/C=C\C)n1nc(C(=O)N[C@H]2c3ccccc3C[C@@H]2O)c2c1[C@H]1C[C@H]1C2. The number of amides is 1. The first kappa shape index (κ1) is 18.1. The van der Waals surface area contributed by atoms with E-state index in [2.05, 4.69) is 22.0 Å². The Hall–Kier alpha value is -2.99. The highest BCUT2D eigenvalue weighted by atomic mass is 16.3. The van der Waals surface area contributed by atoms with Gasteiger partial charge >= 0.3 is 0 Å². The topological polar surface area (TPSA) is 79.5 Å². The van der Waals surface area contributed by atoms with Crippen molar-refractivity contribution in [3.63, 3.8) is 0 Å². The molecule has 0 radical (unpaired) electrons. The Bertz CT molecular complexity index is 1060. The van der Waals surface area contributed by atoms with E-state index in [1.54, 1.807) is 17.0 Å². The van der Waals surface area contributed by atoms with Crippen LogP contribution >= 0.6 is 0 Å². The van der Waals surface area contributed by atoms with Crippen LogP contribution in [0.15, 0.2) is 54.2 Å². The Morgan fingerprint density at radius 1 is 1.38 bits per heavy atom. The minimum absolute atomic E-state index is 0.239. The molecule has 3 aliphatic carbocycles. The summed E-state index contributed by atoms with van der Waals surface area (Å²) in [5.41, 5.74) is 4.61. The normalized spacial score (nSPS) is 26.9. The van der Waals surface area contributed by atoms with Crippen molar-refractivity contribution < 1.29 is 9.90 Å². The lowest BCUT2D eigenvalue weighted by Gasteiger charge is -2.17. The molecule has 148 valence electrons. The zero-order valence-corrected chi connectivity index (χ0v) is 16.4. The Labute approximate surface area is 169 Å². The monoisotopic (exact) mass is 388 g/mol. The van der Waals surface area contributed by atoms with E-state index in [1.807, 2.05) is 37.3 Å². The van der Waals surface area contributed by atoms with Crippen molar-refractivity contribution >= 4 is 11.7 Å². The number of aromatic nitrogens is 2. The molecule has 2 N–H and O–H groups in total. The summed E-state index contributed by atoms with van der Waals surface area (Å²) in [5, 5.41) is 18.2. The van der Waals surface area contributed by atoms with Gasteiger partial charge in [-0.15, -0.1) is 0 Å². The number of rotatable bonds is 4. The maximum atomic E-state index is 13.2. The van der Waals surface area contributed by atoms with E-state index in [9.17, 15) is 9.90 Å². The third-order valence-electron chi connectivity index (χ3n) is 6.22. The number of fused-ring (bicyclic) bond motifs is 4. The molecule has 29 heavy (non-hydrogen) atoms. The Morgan fingerprint density at radius 3 is 3.00 bits per heavy atom. The van der Waals surface area contributed by atoms with Crippen molar-refractivity contribution in [1.82, 2.24) is 15.1 Å². The minimum Gasteiger partial charge on any atom is -0.390 e. The molecule has 0 bridgehead atoms. The van der Waals surface area contributed by atoms with Gasteiger partial charge in [0.2, 0.25) is 0 Å². The van der Waals surface area contributed by atoms with Gasteiger partial charge in [-0.25, -0.2) is 9.67 Å². The van der Waals surface area contributed by atoms with Gasteiger partial charge < -0.3 is 10.4 Å². The number of aliphatic imine (C=N–C) groups is 1. The molecule has 0 spiro atoms. The maximum absolute atomic E-state index is 13.2. The van der Waals surface area contributed by atoms with Gasteiger partial charge in [0.05, 0.1) is 17.8 Å². The summed E-state index contributed by atoms with van der Waals surface area (Å²) in [6.45, 7) is 5.77. The van der Waals surface area contributed by atoms with Gasteiger partial charge in [0.15, 0.2) is 11.5 Å². The quantitative estimate of drug-likeness (QED) is 0.624. The first-order valence-corrected chi connectivity index (χ1v) is 10.1. The molecule has 6 nitrogen and oxygen atoms in total. The number of hydrogen-bond acceptors (Lipinski definition) is 4. The van der Waals surface area contributed by atoms with E-state index in [4.69, 9.17) is 0 Å². The molecule has 1 aromatic carbocycles. The fraction of sp³-hybridized carbons (Fsp3) is 0.348. The average molecular weight is 388 g/mol. The summed E-state index contributed by atoms with van der Waals surface area (Å²) < 4.78 is 1.79. The average Bonchev–Trinajstić information content (AvgIpc) is 3.07. The molecule has 4 atom stereocenters. The summed E-state index contributed by atoms with van der Waals surface area (Å²) in [5.74, 6) is 1.44. The van der Waals surface area contributed by atoms with Crippen LogP contribution in [0.5, 0.6) is 0 Å². The second-order valence-corrected chi connectivity index (χ2v) is 8.03. The van der Waals surface area contributed by atoms with Crippen LogP contribution in [-0.4, -0.2) is 32.7 Å². The van der Waals surface area contributed by atoms with Crippen molar-refractivity contribution in [2.75, 3.05) is 0 Å². The Morgan fingerprint density at radius 2 is 2.21 bits per heavy atom. The molecular formula is C23H24N4O2. The number of nitrogens with zero attached hydrogens (tertiary/aromatic N) is 3. The Balaban J connectivity index is 1.49. The van der Waals surface area contributed by atoms with Crippen LogP contribution < -0.4 is 5.32 Å². The van der Waals surface area contributed by atoms with Gasteiger partial charge in [-0.05, 0) is 42.9 Å². The number of hydrogen-bond donors (Lipinski definition) is 2. The lowest BCUT2D eigenvalue weighted by molar-refractivity contribution is 0.0852. The fourth-order valence-corrected chi connectivity index (χ4v) is 4.78. The number of carbonyl (C=O) groups excluding carboxylic acids is 1. The van der Waals surface area contributed by atoms with Crippen LogP contribution in [0.3, 0.4) is 0 Å². The summed E-state index contributed by atoms with van der Waals surface area (Å²) in [6, 6.07) is 7.44. The van der Waals surface area contributed by atoms with Crippen molar-refractivity contribution in [1.29, 1.82) is 0 Å². The van der Waals surface area contributed by atoms with E-state index >= 15 is 0 Å². The lowest BCUT2D eigenvalue weighted by atomic mass is 10.1. The molecule has 0 saturated heterocycles. The van der Waals surface area contributed by atoms with E-state index in [-0.39, 0.29) is 5.91 Å². The fourth-order valence-electron chi connectivity index (χ4n) is 4.78. The summed E-state index contributed by atoms with van der Waals surface area (Å²) >= 11 is 0. The third-order valence-corrected chi connectivity index (χ3v) is 6.22. The standard InChI is InChI=1S/C23H24N4O2/c1-3-9-24-19(4-2)27-22-16-10-14(16)11-17(22)21(26-27)23(29)25-20-15-8-6-5-7-13(15)12-18(20)28/h3-9,14,16,18,20,28H,2,10-12H2,1H3,(H,25,29)/b9-3-,24-19?/t14-,16-,18-,20-/m0/s1. The van der Waals surface area contributed by atoms with Gasteiger partial charge in [0.1, 0.15) is 0 Å². The molecule has 1 saturated carbocycles. The number of carbonyl (C=O) groups is 1. The lowest BCUT2D eigenvalue weighted by Crippen LogP contribution is -2.34. The molecule has 1 fully saturated rings. The molecule has 1 heterocycles. The van der Waals surface area contributed by atoms with E-state index < -0.39 is 12.1 Å². The van der Waals surface area contributed by atoms with Crippen molar-refractivity contribution in [3.05, 3.63) is 77.3 Å². The molecule has 2 aromatic rings. The smallest absolute Gasteiger partial charge is 0.272 e. The zero-order chi connectivity index (χ0) is 20.1. The van der Waals surface area contributed by atoms with Crippen molar-refractivity contribution in [3.8, 4) is 0 Å². The van der Waals surface area contributed by atoms with Crippen LogP contribution in [0.25, 0.3) is 0 Å². The van der Waals surface area contributed by atoms with Crippen molar-refractivity contribution in [2.24, 2.45) is 10.9 Å². The van der Waals surface area contributed by atoms with Crippen LogP contribution in [0.2, 0.25) is 0 Å². The summed E-state index contributed by atoms with van der Waals surface area (Å²) in [6.07, 6.45) is 7.16. The molecule has 0 aliphatic heterocycles. The predicted molar refractivity (Wildman–Crippen MR) is 111 cm³/mol. The summed E-state index contributed by atoms with van der Waals surface area (Å²) in [7, 11) is 0. The van der Waals surface area contributed by atoms with Gasteiger partial charge in [-0.1, -0.05) is 36.9 Å². The van der Waals surface area contributed by atoms with Crippen LogP contribution in [0.4, 0.5) is 0 Å². The second kappa shape index (κ2) is 6.81. The highest BCUT2D eigenvalue weighted by Gasteiger charge is 2.50. The molecule has 1 amide bonds. The maximum Gasteiger partial charge on any atom is 0.272 e. The molecular weight excluding hydrogens is 364 g/mol. The van der Waals surface area contributed by atoms with Gasteiger partial charge in [0.25, 0.3) is 5.91 Å². The first-order valence-electron chi connectivity index (χ1n) is 10.1. The molecule has 1 aromatic heterocycles. The number of aliphatic hydroxyl groups is 1. The largest absolute Gasteiger partial charge is 0.390 e. The van der Waals surface area contributed by atoms with Crippen LogP contribution in [0.1, 0.15) is 58.2 Å². The van der Waals surface area contributed by atoms with Gasteiger partial charge in [-0.3, -0.25) is 4.79 Å². The van der Waals surface area contributed by atoms with Gasteiger partial charge in [0, 0.05) is 24.1 Å². The molecule has 6 heteroatoms. The number of allylic oxidation sites excluding steroid dienone is 2. The number of aliphatic hydroxyl groups excluding tert-OH is 1. The first-order chi connectivity index (χ1) is 14.1. The van der Waals surface area contributed by atoms with E-state index in [0.29, 0.717) is 29.8 Å². The van der Waals surface area contributed by atoms with Crippen molar-refractivity contribution in [2.45, 2.75) is 44.2 Å². The van der Waals surface area contributed by atoms with E-state index in [1.165, 1.54) is 0 Å². The second-order valence-electron chi connectivity index (χ2n) is 8.03. The van der Waals surface area contributed by atoms with Crippen LogP contribution in [0, 0.1) is 5.92 Å². The summed E-state index contributed by atoms with van der Waals surface area (Å²) in [4.78, 5) is 17.6. The highest BCUT2D eigenvalue weighted by Crippen LogP contribution is 2.57. The number of nitrogens with one attached hydrogen (secondary N) is 1. The number of benzene rings is 1. The molecule has 3 aliphatic rings. The van der Waals surface area contributed by atoms with Crippen LogP contribution in [-0.2, 0) is 12.8 Å². The molecule has 5 rings (SSSR count). The highest BCUT2D eigenvalue weighted by molar-refractivity contribution is 5.99. The van der Waals surface area contributed by atoms with Gasteiger partial charge in [-0.2, -0.15) is 5.10 Å². The predicted octanol–water partition coefficient (Wildman–Crippen LogP) is 2.90. The Kier molecular flexibility index (Phi) is 4.24. The molecule has 0 unspecified atom stereocenters. The zero-order valence-electron chi connectivity index (χ0n) is 16.4. The third kappa shape index (κ3) is 2.86. The van der Waals surface area contributed by atoms with E-state index in [0.717, 1.165) is 35.2 Å².